The van der Waals surface area contributed by atoms with E-state index in [2.05, 4.69) is 0 Å². The lowest BCUT2D eigenvalue weighted by Crippen LogP contribution is -2.45. The van der Waals surface area contributed by atoms with Gasteiger partial charge in [-0.05, 0) is 31.7 Å². The maximum Gasteiger partial charge on any atom is 0.330 e. The molecular formula is C13H17NO2. The van der Waals surface area contributed by atoms with Gasteiger partial charge in [0, 0.05) is 0 Å². The van der Waals surface area contributed by atoms with Gasteiger partial charge in [0.15, 0.2) is 0 Å². The van der Waals surface area contributed by atoms with Crippen molar-refractivity contribution in [3.8, 4) is 0 Å². The number of benzene rings is 1. The van der Waals surface area contributed by atoms with Crippen molar-refractivity contribution in [3.05, 3.63) is 35.9 Å². The Labute approximate surface area is 95.6 Å². The minimum absolute atomic E-state index is 0.0825. The predicted molar refractivity (Wildman–Crippen MR) is 61.7 cm³/mol. The number of carbonyl (C=O) groups is 1. The molecule has 16 heavy (non-hydrogen) atoms. The summed E-state index contributed by atoms with van der Waals surface area (Å²) in [5, 5.41) is 0. The van der Waals surface area contributed by atoms with Gasteiger partial charge in [0.1, 0.15) is 11.6 Å². The Bertz CT molecular complexity index is 369. The maximum atomic E-state index is 11.9. The Morgan fingerprint density at radius 3 is 2.50 bits per heavy atom. The van der Waals surface area contributed by atoms with E-state index in [0.29, 0.717) is 0 Å². The molecule has 86 valence electrons. The van der Waals surface area contributed by atoms with Crippen LogP contribution >= 0.6 is 0 Å². The van der Waals surface area contributed by atoms with Gasteiger partial charge in [0.25, 0.3) is 0 Å². The SMILES string of the molecule is CC(N)(C(=O)OC1CCC1)c1ccccc1. The van der Waals surface area contributed by atoms with E-state index in [1.165, 1.54) is 0 Å². The molecule has 1 aliphatic carbocycles. The van der Waals surface area contributed by atoms with Crippen LogP contribution in [0, 0.1) is 0 Å². The van der Waals surface area contributed by atoms with Gasteiger partial charge in [-0.2, -0.15) is 0 Å². The summed E-state index contributed by atoms with van der Waals surface area (Å²) in [7, 11) is 0. The molecule has 0 aromatic heterocycles. The Kier molecular flexibility index (Phi) is 2.97. The molecule has 1 aromatic rings. The first-order valence-corrected chi connectivity index (χ1v) is 5.66. The van der Waals surface area contributed by atoms with Gasteiger partial charge >= 0.3 is 5.97 Å². The molecule has 0 aliphatic heterocycles. The smallest absolute Gasteiger partial charge is 0.330 e. The summed E-state index contributed by atoms with van der Waals surface area (Å²) >= 11 is 0. The van der Waals surface area contributed by atoms with Crippen molar-refractivity contribution in [2.24, 2.45) is 5.73 Å². The average molecular weight is 219 g/mol. The van der Waals surface area contributed by atoms with Crippen molar-refractivity contribution in [1.82, 2.24) is 0 Å². The van der Waals surface area contributed by atoms with E-state index in [-0.39, 0.29) is 12.1 Å². The van der Waals surface area contributed by atoms with Crippen LogP contribution in [0.15, 0.2) is 30.3 Å². The summed E-state index contributed by atoms with van der Waals surface area (Å²) in [5.74, 6) is -0.330. The number of ether oxygens (including phenoxy) is 1. The molecule has 0 heterocycles. The highest BCUT2D eigenvalue weighted by Gasteiger charge is 2.35. The quantitative estimate of drug-likeness (QED) is 0.790. The van der Waals surface area contributed by atoms with Crippen LogP contribution in [-0.4, -0.2) is 12.1 Å². The summed E-state index contributed by atoms with van der Waals surface area (Å²) < 4.78 is 5.34. The van der Waals surface area contributed by atoms with Crippen molar-refractivity contribution < 1.29 is 9.53 Å². The van der Waals surface area contributed by atoms with Crippen LogP contribution in [-0.2, 0) is 15.1 Å². The Balaban J connectivity index is 2.08. The summed E-state index contributed by atoms with van der Waals surface area (Å²) in [5.41, 5.74) is 5.78. The molecule has 1 saturated carbocycles. The first-order chi connectivity index (χ1) is 7.60. The van der Waals surface area contributed by atoms with Crippen LogP contribution < -0.4 is 5.73 Å². The topological polar surface area (TPSA) is 52.3 Å². The molecule has 0 spiro atoms. The highest BCUT2D eigenvalue weighted by Crippen LogP contribution is 2.26. The molecule has 0 bridgehead atoms. The standard InChI is InChI=1S/C13H17NO2/c1-13(14,10-6-3-2-4-7-10)12(15)16-11-8-5-9-11/h2-4,6-7,11H,5,8-9,14H2,1H3. The van der Waals surface area contributed by atoms with Crippen LogP contribution in [0.1, 0.15) is 31.7 Å². The first kappa shape index (κ1) is 11.1. The molecule has 2 rings (SSSR count). The van der Waals surface area contributed by atoms with Crippen LogP contribution in [0.5, 0.6) is 0 Å². The zero-order chi connectivity index (χ0) is 11.6. The molecule has 3 heteroatoms. The van der Waals surface area contributed by atoms with E-state index in [9.17, 15) is 4.79 Å². The molecule has 1 unspecified atom stereocenters. The van der Waals surface area contributed by atoms with Crippen LogP contribution in [0.4, 0.5) is 0 Å². The number of hydrogen-bond acceptors (Lipinski definition) is 3. The maximum absolute atomic E-state index is 11.9. The third-order valence-corrected chi connectivity index (χ3v) is 3.12. The summed E-state index contributed by atoms with van der Waals surface area (Å²) in [6.07, 6.45) is 3.16. The fraction of sp³-hybridized carbons (Fsp3) is 0.462. The fourth-order valence-electron chi connectivity index (χ4n) is 1.66. The molecule has 1 fully saturated rings. The molecule has 0 radical (unpaired) electrons. The molecule has 1 atom stereocenters. The van der Waals surface area contributed by atoms with Gasteiger partial charge in [-0.25, -0.2) is 4.79 Å². The Hall–Kier alpha value is -1.35. The van der Waals surface area contributed by atoms with Crippen molar-refractivity contribution in [3.63, 3.8) is 0 Å². The lowest BCUT2D eigenvalue weighted by atomic mass is 9.92. The number of nitrogens with two attached hydrogens (primary N) is 1. The van der Waals surface area contributed by atoms with Crippen LogP contribution in [0.3, 0.4) is 0 Å². The summed E-state index contributed by atoms with van der Waals surface area (Å²) in [4.78, 5) is 11.9. The van der Waals surface area contributed by atoms with E-state index in [1.54, 1.807) is 6.92 Å². The molecular weight excluding hydrogens is 202 g/mol. The van der Waals surface area contributed by atoms with E-state index >= 15 is 0 Å². The molecule has 3 nitrogen and oxygen atoms in total. The predicted octanol–water partition coefficient (Wildman–Crippen LogP) is 1.96. The molecule has 0 saturated heterocycles. The minimum atomic E-state index is -1.04. The van der Waals surface area contributed by atoms with E-state index in [1.807, 2.05) is 30.3 Å². The van der Waals surface area contributed by atoms with Gasteiger partial charge in [0.2, 0.25) is 0 Å². The van der Waals surface area contributed by atoms with Gasteiger partial charge in [0.05, 0.1) is 0 Å². The normalized spacial score (nSPS) is 19.6. The molecule has 2 N–H and O–H groups in total. The van der Waals surface area contributed by atoms with Gasteiger partial charge in [-0.3, -0.25) is 0 Å². The largest absolute Gasteiger partial charge is 0.461 e. The lowest BCUT2D eigenvalue weighted by molar-refractivity contribution is -0.159. The number of hydrogen-bond donors (Lipinski definition) is 1. The van der Waals surface area contributed by atoms with Crippen molar-refractivity contribution in [2.75, 3.05) is 0 Å². The first-order valence-electron chi connectivity index (χ1n) is 5.66. The number of esters is 1. The average Bonchev–Trinajstić information content (AvgIpc) is 2.24. The minimum Gasteiger partial charge on any atom is -0.461 e. The molecule has 0 amide bonds. The second-order valence-corrected chi connectivity index (χ2v) is 4.53. The Morgan fingerprint density at radius 2 is 2.00 bits per heavy atom. The van der Waals surface area contributed by atoms with Gasteiger partial charge in [-0.15, -0.1) is 0 Å². The zero-order valence-corrected chi connectivity index (χ0v) is 9.48. The van der Waals surface area contributed by atoms with Gasteiger partial charge < -0.3 is 10.5 Å². The van der Waals surface area contributed by atoms with E-state index < -0.39 is 5.54 Å². The second-order valence-electron chi connectivity index (χ2n) is 4.53. The highest BCUT2D eigenvalue weighted by atomic mass is 16.5. The lowest BCUT2D eigenvalue weighted by Gasteiger charge is -2.30. The summed E-state index contributed by atoms with van der Waals surface area (Å²) in [6, 6.07) is 9.34. The highest BCUT2D eigenvalue weighted by molar-refractivity contribution is 5.82. The Morgan fingerprint density at radius 1 is 1.38 bits per heavy atom. The third kappa shape index (κ3) is 2.09. The summed E-state index contributed by atoms with van der Waals surface area (Å²) in [6.45, 7) is 1.70. The monoisotopic (exact) mass is 219 g/mol. The number of rotatable bonds is 3. The van der Waals surface area contributed by atoms with Gasteiger partial charge in [-0.1, -0.05) is 30.3 Å². The molecule has 1 aliphatic rings. The zero-order valence-electron chi connectivity index (χ0n) is 9.48. The van der Waals surface area contributed by atoms with E-state index in [0.717, 1.165) is 24.8 Å². The fourth-order valence-corrected chi connectivity index (χ4v) is 1.66. The second kappa shape index (κ2) is 4.26. The van der Waals surface area contributed by atoms with Crippen molar-refractivity contribution in [1.29, 1.82) is 0 Å². The third-order valence-electron chi connectivity index (χ3n) is 3.12. The van der Waals surface area contributed by atoms with Crippen LogP contribution in [0.2, 0.25) is 0 Å². The van der Waals surface area contributed by atoms with Crippen molar-refractivity contribution in [2.45, 2.75) is 37.8 Å². The number of carbonyl (C=O) groups excluding carboxylic acids is 1. The molecule has 1 aromatic carbocycles. The van der Waals surface area contributed by atoms with Crippen molar-refractivity contribution >= 4 is 5.97 Å². The van der Waals surface area contributed by atoms with E-state index in [4.69, 9.17) is 10.5 Å². The van der Waals surface area contributed by atoms with Crippen LogP contribution in [0.25, 0.3) is 0 Å².